The zero-order valence-corrected chi connectivity index (χ0v) is 12.2. The average molecular weight is 294 g/mol. The fourth-order valence-electron chi connectivity index (χ4n) is 2.08. The summed E-state index contributed by atoms with van der Waals surface area (Å²) in [6, 6.07) is 2.06. The summed E-state index contributed by atoms with van der Waals surface area (Å²) >= 11 is 3.55. The van der Waals surface area contributed by atoms with Crippen LogP contribution in [0.3, 0.4) is 0 Å². The standard InChI is InChI=1S/C13H16BrN3/c1-5-11-9(3)16-17(10(11)4)13-12(14)6-8(2)7-15-13/h6-7H,5H2,1-4H3. The molecule has 0 fully saturated rings. The first-order chi connectivity index (χ1) is 8.04. The molecule has 3 nitrogen and oxygen atoms in total. The largest absolute Gasteiger partial charge is 0.236 e. The third-order valence-electron chi connectivity index (χ3n) is 2.95. The van der Waals surface area contributed by atoms with Crippen LogP contribution in [0.5, 0.6) is 0 Å². The Bertz CT molecular complexity index is 558. The number of aromatic nitrogens is 3. The summed E-state index contributed by atoms with van der Waals surface area (Å²) in [5.74, 6) is 0.857. The van der Waals surface area contributed by atoms with E-state index in [0.717, 1.165) is 28.0 Å². The number of pyridine rings is 1. The lowest BCUT2D eigenvalue weighted by molar-refractivity contribution is 0.799. The molecule has 0 spiro atoms. The second kappa shape index (κ2) is 4.61. The molecule has 4 heteroatoms. The van der Waals surface area contributed by atoms with Gasteiger partial charge >= 0.3 is 0 Å². The number of hydrogen-bond donors (Lipinski definition) is 0. The Morgan fingerprint density at radius 2 is 2.00 bits per heavy atom. The lowest BCUT2D eigenvalue weighted by atomic mass is 10.1. The Morgan fingerprint density at radius 1 is 1.29 bits per heavy atom. The number of halogens is 1. The van der Waals surface area contributed by atoms with Gasteiger partial charge in [0.15, 0.2) is 5.82 Å². The summed E-state index contributed by atoms with van der Waals surface area (Å²) < 4.78 is 2.89. The van der Waals surface area contributed by atoms with E-state index in [1.165, 1.54) is 11.3 Å². The monoisotopic (exact) mass is 293 g/mol. The van der Waals surface area contributed by atoms with Gasteiger partial charge in [-0.15, -0.1) is 0 Å². The van der Waals surface area contributed by atoms with Gasteiger partial charge in [0, 0.05) is 11.9 Å². The van der Waals surface area contributed by atoms with Gasteiger partial charge in [-0.3, -0.25) is 0 Å². The molecule has 90 valence electrons. The third kappa shape index (κ3) is 2.14. The van der Waals surface area contributed by atoms with E-state index in [0.29, 0.717) is 0 Å². The lowest BCUT2D eigenvalue weighted by Gasteiger charge is -2.06. The van der Waals surface area contributed by atoms with E-state index in [9.17, 15) is 0 Å². The van der Waals surface area contributed by atoms with E-state index in [-0.39, 0.29) is 0 Å². The highest BCUT2D eigenvalue weighted by Crippen LogP contribution is 2.23. The van der Waals surface area contributed by atoms with Crippen molar-refractivity contribution in [1.82, 2.24) is 14.8 Å². The molecule has 2 aromatic rings. The van der Waals surface area contributed by atoms with Gasteiger partial charge in [-0.05, 0) is 60.3 Å². The maximum atomic E-state index is 4.57. The first-order valence-corrected chi connectivity index (χ1v) is 6.51. The van der Waals surface area contributed by atoms with Crippen molar-refractivity contribution in [3.8, 4) is 5.82 Å². The highest BCUT2D eigenvalue weighted by Gasteiger charge is 2.13. The maximum absolute atomic E-state index is 4.57. The Hall–Kier alpha value is -1.16. The van der Waals surface area contributed by atoms with Crippen molar-refractivity contribution in [3.63, 3.8) is 0 Å². The van der Waals surface area contributed by atoms with Gasteiger partial charge in [-0.25, -0.2) is 9.67 Å². The normalized spacial score (nSPS) is 10.9. The summed E-state index contributed by atoms with van der Waals surface area (Å²) in [5, 5.41) is 4.57. The van der Waals surface area contributed by atoms with E-state index in [1.807, 2.05) is 24.7 Å². The van der Waals surface area contributed by atoms with Gasteiger partial charge in [0.2, 0.25) is 0 Å². The van der Waals surface area contributed by atoms with Crippen molar-refractivity contribution >= 4 is 15.9 Å². The van der Waals surface area contributed by atoms with E-state index < -0.39 is 0 Å². The summed E-state index contributed by atoms with van der Waals surface area (Å²) in [5.41, 5.74) is 4.69. The van der Waals surface area contributed by atoms with Crippen molar-refractivity contribution in [2.45, 2.75) is 34.1 Å². The van der Waals surface area contributed by atoms with Crippen molar-refractivity contribution in [3.05, 3.63) is 39.3 Å². The molecule has 0 saturated carbocycles. The first-order valence-electron chi connectivity index (χ1n) is 5.72. The van der Waals surface area contributed by atoms with Gasteiger partial charge in [0.25, 0.3) is 0 Å². The molecule has 0 unspecified atom stereocenters. The summed E-state index contributed by atoms with van der Waals surface area (Å²) in [7, 11) is 0. The van der Waals surface area contributed by atoms with Crippen LogP contribution in [0.1, 0.15) is 29.4 Å². The van der Waals surface area contributed by atoms with Crippen molar-refractivity contribution in [2.75, 3.05) is 0 Å². The molecular weight excluding hydrogens is 278 g/mol. The van der Waals surface area contributed by atoms with Crippen LogP contribution in [0.4, 0.5) is 0 Å². The zero-order valence-electron chi connectivity index (χ0n) is 10.6. The van der Waals surface area contributed by atoms with E-state index in [1.54, 1.807) is 0 Å². The summed E-state index contributed by atoms with van der Waals surface area (Å²) in [6.45, 7) is 8.32. The van der Waals surface area contributed by atoms with Crippen LogP contribution < -0.4 is 0 Å². The molecule has 0 N–H and O–H groups in total. The highest BCUT2D eigenvalue weighted by molar-refractivity contribution is 9.10. The number of aryl methyl sites for hydroxylation is 2. The quantitative estimate of drug-likeness (QED) is 0.848. The van der Waals surface area contributed by atoms with Crippen LogP contribution in [-0.4, -0.2) is 14.8 Å². The van der Waals surface area contributed by atoms with E-state index >= 15 is 0 Å². The van der Waals surface area contributed by atoms with Gasteiger partial charge in [0.05, 0.1) is 10.2 Å². The minimum atomic E-state index is 0.857. The smallest absolute Gasteiger partial charge is 0.167 e. The average Bonchev–Trinajstić information content (AvgIpc) is 2.54. The SMILES string of the molecule is CCc1c(C)nn(-c2ncc(C)cc2Br)c1C. The predicted molar refractivity (Wildman–Crippen MR) is 72.6 cm³/mol. The minimum absolute atomic E-state index is 0.857. The van der Waals surface area contributed by atoms with Crippen LogP contribution >= 0.6 is 15.9 Å². The fraction of sp³-hybridized carbons (Fsp3) is 0.385. The topological polar surface area (TPSA) is 30.7 Å². The zero-order chi connectivity index (χ0) is 12.6. The van der Waals surface area contributed by atoms with Crippen LogP contribution in [0.25, 0.3) is 5.82 Å². The number of hydrogen-bond acceptors (Lipinski definition) is 2. The molecule has 0 aliphatic carbocycles. The Balaban J connectivity index is 2.61. The molecule has 0 atom stereocenters. The Morgan fingerprint density at radius 3 is 2.53 bits per heavy atom. The Kier molecular flexibility index (Phi) is 3.33. The molecule has 0 aromatic carbocycles. The molecule has 0 saturated heterocycles. The summed E-state index contributed by atoms with van der Waals surface area (Å²) in [4.78, 5) is 4.45. The number of rotatable bonds is 2. The molecule has 17 heavy (non-hydrogen) atoms. The molecule has 2 aromatic heterocycles. The van der Waals surface area contributed by atoms with Crippen molar-refractivity contribution in [1.29, 1.82) is 0 Å². The summed E-state index contributed by atoms with van der Waals surface area (Å²) in [6.07, 6.45) is 2.86. The number of nitrogens with zero attached hydrogens (tertiary/aromatic N) is 3. The van der Waals surface area contributed by atoms with Crippen molar-refractivity contribution < 1.29 is 0 Å². The molecule has 2 rings (SSSR count). The fourth-order valence-corrected chi connectivity index (χ4v) is 2.71. The Labute approximate surface area is 110 Å². The third-order valence-corrected chi connectivity index (χ3v) is 3.54. The van der Waals surface area contributed by atoms with Crippen LogP contribution in [-0.2, 0) is 6.42 Å². The molecule has 0 amide bonds. The van der Waals surface area contributed by atoms with E-state index in [4.69, 9.17) is 0 Å². The minimum Gasteiger partial charge on any atom is -0.236 e. The molecular formula is C13H16BrN3. The van der Waals surface area contributed by atoms with Crippen LogP contribution in [0.15, 0.2) is 16.7 Å². The predicted octanol–water partition coefficient (Wildman–Crippen LogP) is 3.52. The molecule has 2 heterocycles. The first kappa shape index (κ1) is 12.3. The van der Waals surface area contributed by atoms with Gasteiger partial charge in [-0.2, -0.15) is 5.10 Å². The molecule has 0 bridgehead atoms. The van der Waals surface area contributed by atoms with Crippen LogP contribution in [0.2, 0.25) is 0 Å². The molecule has 0 aliphatic rings. The second-order valence-corrected chi connectivity index (χ2v) is 5.09. The molecule has 0 aliphatic heterocycles. The van der Waals surface area contributed by atoms with Gasteiger partial charge < -0.3 is 0 Å². The van der Waals surface area contributed by atoms with E-state index in [2.05, 4.69) is 45.9 Å². The van der Waals surface area contributed by atoms with Crippen molar-refractivity contribution in [2.24, 2.45) is 0 Å². The van der Waals surface area contributed by atoms with Crippen LogP contribution in [0, 0.1) is 20.8 Å². The second-order valence-electron chi connectivity index (χ2n) is 4.23. The highest BCUT2D eigenvalue weighted by atomic mass is 79.9. The maximum Gasteiger partial charge on any atom is 0.167 e. The van der Waals surface area contributed by atoms with Gasteiger partial charge in [-0.1, -0.05) is 6.92 Å². The lowest BCUT2D eigenvalue weighted by Crippen LogP contribution is -2.03. The molecule has 0 radical (unpaired) electrons. The van der Waals surface area contributed by atoms with Gasteiger partial charge in [0.1, 0.15) is 0 Å².